The average Bonchev–Trinajstić information content (AvgIpc) is 1.90. The molecule has 0 saturated carbocycles. The first kappa shape index (κ1) is 5.61. The molecule has 1 rings (SSSR count). The van der Waals surface area contributed by atoms with Crippen molar-refractivity contribution in [2.24, 2.45) is 0 Å². The van der Waals surface area contributed by atoms with Crippen LogP contribution in [-0.4, -0.2) is 14.9 Å². The van der Waals surface area contributed by atoms with Crippen molar-refractivity contribution in [2.45, 2.75) is 0 Å². The first-order chi connectivity index (χ1) is 4.30. The molecule has 0 atom stereocenters. The highest BCUT2D eigenvalue weighted by Gasteiger charge is 2.01. The Bertz CT molecular complexity index is 210. The van der Waals surface area contributed by atoms with E-state index in [1.54, 1.807) is 0 Å². The topological polar surface area (TPSA) is 68.9 Å². The van der Waals surface area contributed by atoms with Crippen LogP contribution in [0, 0.1) is 10.1 Å². The van der Waals surface area contributed by atoms with E-state index in [9.17, 15) is 10.1 Å². The molecule has 5 nitrogen and oxygen atoms in total. The summed E-state index contributed by atoms with van der Waals surface area (Å²) in [5.74, 6) is 0. The molecular weight excluding hydrogens is 122 g/mol. The van der Waals surface area contributed by atoms with Crippen LogP contribution in [0.2, 0.25) is 0 Å². The summed E-state index contributed by atoms with van der Waals surface area (Å²) >= 11 is 0. The van der Waals surface area contributed by atoms with Crippen molar-refractivity contribution >= 4 is 5.69 Å². The molecule has 0 aromatic carbocycles. The summed E-state index contributed by atoms with van der Waals surface area (Å²) in [6.07, 6.45) is 3.53. The van der Waals surface area contributed by atoms with Crippen LogP contribution in [-0.2, 0) is 0 Å². The summed E-state index contributed by atoms with van der Waals surface area (Å²) in [5, 5.41) is 9.93. The molecule has 0 saturated heterocycles. The molecule has 1 aromatic rings. The number of aromatic nitrogens is 2. The van der Waals surface area contributed by atoms with E-state index in [0.29, 0.717) is 0 Å². The zero-order valence-electron chi connectivity index (χ0n) is 4.39. The molecule has 0 aliphatic heterocycles. The fourth-order valence-corrected chi connectivity index (χ4v) is 0.386. The predicted octanol–water partition coefficient (Wildman–Crippen LogP) is 0.385. The summed E-state index contributed by atoms with van der Waals surface area (Å²) in [6.45, 7) is 0. The van der Waals surface area contributed by atoms with Gasteiger partial charge in [-0.1, -0.05) is 0 Å². The van der Waals surface area contributed by atoms with Gasteiger partial charge in [0, 0.05) is 0 Å². The molecule has 0 spiro atoms. The standard InChI is InChI=1S/C4H3N3O2/c8-7(9)4-1-5-3-6-2-4/h1-3H. The third kappa shape index (κ3) is 1.18. The molecule has 0 fully saturated rings. The molecular formula is C4H3N3O2. The maximum absolute atomic E-state index is 9.93. The van der Waals surface area contributed by atoms with E-state index in [4.69, 9.17) is 0 Å². The lowest BCUT2D eigenvalue weighted by atomic mass is 10.6. The molecule has 1 aromatic heterocycles. The summed E-state index contributed by atoms with van der Waals surface area (Å²) in [5.41, 5.74) is -0.0856. The van der Waals surface area contributed by atoms with Gasteiger partial charge in [-0.25, -0.2) is 9.97 Å². The Kier molecular flexibility index (Phi) is 1.35. The van der Waals surface area contributed by atoms with Gasteiger partial charge in [0.25, 0.3) is 0 Å². The Morgan fingerprint density at radius 2 is 2.00 bits per heavy atom. The van der Waals surface area contributed by atoms with Crippen LogP contribution in [0.1, 0.15) is 0 Å². The predicted molar refractivity (Wildman–Crippen MR) is 28.7 cm³/mol. The fourth-order valence-electron chi connectivity index (χ4n) is 0.386. The van der Waals surface area contributed by atoms with Gasteiger partial charge in [-0.3, -0.25) is 10.1 Å². The quantitative estimate of drug-likeness (QED) is 0.402. The number of nitro groups is 1. The monoisotopic (exact) mass is 125 g/mol. The average molecular weight is 125 g/mol. The third-order valence-electron chi connectivity index (χ3n) is 0.758. The van der Waals surface area contributed by atoms with Crippen LogP contribution in [0.4, 0.5) is 5.69 Å². The minimum absolute atomic E-state index is 0.0856. The Balaban J connectivity index is 2.98. The Morgan fingerprint density at radius 3 is 2.33 bits per heavy atom. The second-order valence-electron chi connectivity index (χ2n) is 1.35. The number of hydrogen-bond acceptors (Lipinski definition) is 4. The third-order valence-corrected chi connectivity index (χ3v) is 0.758. The van der Waals surface area contributed by atoms with Crippen molar-refractivity contribution < 1.29 is 4.92 Å². The molecule has 0 unspecified atom stereocenters. The Hall–Kier alpha value is -1.52. The van der Waals surface area contributed by atoms with Crippen molar-refractivity contribution in [2.75, 3.05) is 0 Å². The highest BCUT2D eigenvalue weighted by molar-refractivity contribution is 5.18. The first-order valence-corrected chi connectivity index (χ1v) is 2.20. The van der Waals surface area contributed by atoms with Gasteiger partial charge in [0.1, 0.15) is 18.7 Å². The first-order valence-electron chi connectivity index (χ1n) is 2.20. The number of rotatable bonds is 1. The number of hydrogen-bond donors (Lipinski definition) is 0. The number of nitrogens with zero attached hydrogens (tertiary/aromatic N) is 3. The Labute approximate surface area is 50.5 Å². The molecule has 0 aliphatic rings. The Morgan fingerprint density at radius 1 is 1.44 bits per heavy atom. The molecule has 0 aliphatic carbocycles. The van der Waals surface area contributed by atoms with Crippen LogP contribution in [0.5, 0.6) is 0 Å². The summed E-state index contributed by atoms with van der Waals surface area (Å²) in [7, 11) is 0. The lowest BCUT2D eigenvalue weighted by molar-refractivity contribution is -0.385. The van der Waals surface area contributed by atoms with Crippen LogP contribution in [0.15, 0.2) is 18.7 Å². The van der Waals surface area contributed by atoms with Gasteiger partial charge in [0.15, 0.2) is 0 Å². The minimum atomic E-state index is -0.542. The molecule has 0 radical (unpaired) electrons. The zero-order chi connectivity index (χ0) is 6.69. The zero-order valence-corrected chi connectivity index (χ0v) is 4.39. The largest absolute Gasteiger partial charge is 0.305 e. The van der Waals surface area contributed by atoms with Gasteiger partial charge < -0.3 is 0 Å². The molecule has 5 heteroatoms. The highest BCUT2D eigenvalue weighted by Crippen LogP contribution is 2.02. The van der Waals surface area contributed by atoms with E-state index in [1.807, 2.05) is 0 Å². The normalized spacial score (nSPS) is 8.89. The second-order valence-corrected chi connectivity index (χ2v) is 1.35. The van der Waals surface area contributed by atoms with Crippen LogP contribution in [0.25, 0.3) is 0 Å². The molecule has 0 amide bonds. The van der Waals surface area contributed by atoms with Gasteiger partial charge >= 0.3 is 5.69 Å². The van der Waals surface area contributed by atoms with Gasteiger partial charge in [0.05, 0.1) is 4.92 Å². The van der Waals surface area contributed by atoms with E-state index in [2.05, 4.69) is 9.97 Å². The van der Waals surface area contributed by atoms with Crippen molar-refractivity contribution in [1.29, 1.82) is 0 Å². The fraction of sp³-hybridized carbons (Fsp3) is 0. The van der Waals surface area contributed by atoms with Gasteiger partial charge in [-0.15, -0.1) is 0 Å². The molecule has 0 N–H and O–H groups in total. The molecule has 1 heterocycles. The van der Waals surface area contributed by atoms with E-state index < -0.39 is 4.92 Å². The van der Waals surface area contributed by atoms with E-state index >= 15 is 0 Å². The lowest BCUT2D eigenvalue weighted by Crippen LogP contribution is -1.88. The van der Waals surface area contributed by atoms with Gasteiger partial charge in [-0.2, -0.15) is 0 Å². The second kappa shape index (κ2) is 2.17. The summed E-state index contributed by atoms with van der Waals surface area (Å²) in [6, 6.07) is 0. The van der Waals surface area contributed by atoms with Crippen LogP contribution < -0.4 is 0 Å². The van der Waals surface area contributed by atoms with Gasteiger partial charge in [-0.05, 0) is 0 Å². The van der Waals surface area contributed by atoms with Crippen molar-refractivity contribution in [1.82, 2.24) is 9.97 Å². The minimum Gasteiger partial charge on any atom is -0.258 e. The van der Waals surface area contributed by atoms with Crippen LogP contribution in [0.3, 0.4) is 0 Å². The SMILES string of the molecule is O=[N+]([O-])c1cncnc1. The highest BCUT2D eigenvalue weighted by atomic mass is 16.6. The maximum Gasteiger partial charge on any atom is 0.305 e. The van der Waals surface area contributed by atoms with E-state index in [-0.39, 0.29) is 5.69 Å². The van der Waals surface area contributed by atoms with Gasteiger partial charge in [0.2, 0.25) is 0 Å². The van der Waals surface area contributed by atoms with Crippen molar-refractivity contribution in [3.8, 4) is 0 Å². The molecule has 9 heavy (non-hydrogen) atoms. The van der Waals surface area contributed by atoms with Crippen LogP contribution >= 0.6 is 0 Å². The van der Waals surface area contributed by atoms with Crippen molar-refractivity contribution in [3.05, 3.63) is 28.8 Å². The maximum atomic E-state index is 9.93. The lowest BCUT2D eigenvalue weighted by Gasteiger charge is -1.84. The van der Waals surface area contributed by atoms with Crippen molar-refractivity contribution in [3.63, 3.8) is 0 Å². The molecule has 46 valence electrons. The van der Waals surface area contributed by atoms with E-state index in [1.165, 1.54) is 6.33 Å². The summed E-state index contributed by atoms with van der Waals surface area (Å²) in [4.78, 5) is 16.3. The molecule has 0 bridgehead atoms. The summed E-state index contributed by atoms with van der Waals surface area (Å²) < 4.78 is 0. The smallest absolute Gasteiger partial charge is 0.258 e. The van der Waals surface area contributed by atoms with E-state index in [0.717, 1.165) is 12.4 Å².